The van der Waals surface area contributed by atoms with Crippen molar-refractivity contribution in [3.05, 3.63) is 0 Å². The van der Waals surface area contributed by atoms with E-state index in [2.05, 4.69) is 10.6 Å². The molecular formula is C10H20N2O3. The van der Waals surface area contributed by atoms with E-state index >= 15 is 0 Å². The monoisotopic (exact) mass is 216 g/mol. The molecule has 1 fully saturated rings. The lowest BCUT2D eigenvalue weighted by atomic mass is 9.88. The Morgan fingerprint density at radius 3 is 2.73 bits per heavy atom. The molecule has 0 aromatic rings. The molecule has 15 heavy (non-hydrogen) atoms. The summed E-state index contributed by atoms with van der Waals surface area (Å²) < 4.78 is 4.94. The molecule has 3 N–H and O–H groups in total. The second-order valence-electron chi connectivity index (χ2n) is 4.08. The molecule has 88 valence electrons. The summed E-state index contributed by atoms with van der Waals surface area (Å²) in [5.41, 5.74) is -0.209. The molecule has 0 amide bonds. The first-order chi connectivity index (χ1) is 7.18. The number of hydrogen-bond acceptors (Lipinski definition) is 4. The van der Waals surface area contributed by atoms with E-state index in [1.807, 2.05) is 0 Å². The molecule has 0 saturated carbocycles. The van der Waals surface area contributed by atoms with Gasteiger partial charge in [-0.3, -0.25) is 4.79 Å². The van der Waals surface area contributed by atoms with Gasteiger partial charge < -0.3 is 20.5 Å². The normalized spacial score (nSPS) is 18.5. The molecule has 1 aliphatic rings. The van der Waals surface area contributed by atoms with Crippen molar-refractivity contribution in [2.75, 3.05) is 33.4 Å². The molecule has 1 saturated heterocycles. The van der Waals surface area contributed by atoms with Crippen LogP contribution in [0, 0.1) is 0 Å². The van der Waals surface area contributed by atoms with E-state index in [9.17, 15) is 4.79 Å². The van der Waals surface area contributed by atoms with Gasteiger partial charge in [-0.25, -0.2) is 0 Å². The maximum Gasteiger partial charge on any atom is 0.305 e. The number of methoxy groups -OCH3 is 1. The Kier molecular flexibility index (Phi) is 5.01. The van der Waals surface area contributed by atoms with Crippen LogP contribution in [0.4, 0.5) is 0 Å². The summed E-state index contributed by atoms with van der Waals surface area (Å²) in [5.74, 6) is -0.735. The maximum atomic E-state index is 10.7. The molecule has 0 atom stereocenters. The van der Waals surface area contributed by atoms with E-state index in [0.29, 0.717) is 0 Å². The standard InChI is InChI=1S/C10H20N2O3/c1-15-5-3-2-4-12-10(6-9(13)14)7-11-8-10/h11-12H,2-8H2,1H3,(H,13,14). The van der Waals surface area contributed by atoms with Gasteiger partial charge >= 0.3 is 5.97 Å². The third-order valence-corrected chi connectivity index (χ3v) is 2.69. The first-order valence-electron chi connectivity index (χ1n) is 5.35. The van der Waals surface area contributed by atoms with Gasteiger partial charge in [-0.2, -0.15) is 0 Å². The minimum Gasteiger partial charge on any atom is -0.481 e. The Morgan fingerprint density at radius 1 is 1.53 bits per heavy atom. The number of nitrogens with one attached hydrogen (secondary N) is 2. The molecule has 5 nitrogen and oxygen atoms in total. The van der Waals surface area contributed by atoms with Gasteiger partial charge in [0.05, 0.1) is 12.0 Å². The fourth-order valence-corrected chi connectivity index (χ4v) is 1.75. The number of carbonyl (C=O) groups is 1. The lowest BCUT2D eigenvalue weighted by Gasteiger charge is -2.42. The van der Waals surface area contributed by atoms with Crippen LogP contribution in [0.2, 0.25) is 0 Å². The Bertz CT molecular complexity index is 205. The molecule has 1 rings (SSSR count). The van der Waals surface area contributed by atoms with Crippen molar-refractivity contribution < 1.29 is 14.6 Å². The van der Waals surface area contributed by atoms with Crippen molar-refractivity contribution in [3.63, 3.8) is 0 Å². The van der Waals surface area contributed by atoms with Crippen LogP contribution in [0.25, 0.3) is 0 Å². The minimum atomic E-state index is -0.735. The minimum absolute atomic E-state index is 0.199. The number of aliphatic carboxylic acids is 1. The predicted molar refractivity (Wildman–Crippen MR) is 57.0 cm³/mol. The van der Waals surface area contributed by atoms with Gasteiger partial charge in [0.25, 0.3) is 0 Å². The second kappa shape index (κ2) is 6.05. The fourth-order valence-electron chi connectivity index (χ4n) is 1.75. The summed E-state index contributed by atoms with van der Waals surface area (Å²) in [7, 11) is 1.69. The zero-order valence-corrected chi connectivity index (χ0v) is 9.21. The van der Waals surface area contributed by atoms with Crippen LogP contribution < -0.4 is 10.6 Å². The molecule has 0 aromatic carbocycles. The van der Waals surface area contributed by atoms with Gasteiger partial charge in [0, 0.05) is 26.8 Å². The molecule has 0 unspecified atom stereocenters. The van der Waals surface area contributed by atoms with Crippen molar-refractivity contribution in [1.29, 1.82) is 0 Å². The predicted octanol–water partition coefficient (Wildman–Crippen LogP) is -0.181. The molecule has 0 bridgehead atoms. The van der Waals surface area contributed by atoms with Gasteiger partial charge in [0.2, 0.25) is 0 Å². The van der Waals surface area contributed by atoms with Crippen LogP contribution in [-0.2, 0) is 9.53 Å². The van der Waals surface area contributed by atoms with Crippen LogP contribution in [0.3, 0.4) is 0 Å². The maximum absolute atomic E-state index is 10.7. The van der Waals surface area contributed by atoms with E-state index in [-0.39, 0.29) is 12.0 Å². The van der Waals surface area contributed by atoms with Gasteiger partial charge in [-0.05, 0) is 19.4 Å². The molecule has 5 heteroatoms. The summed E-state index contributed by atoms with van der Waals surface area (Å²) in [6.07, 6.45) is 2.24. The first kappa shape index (κ1) is 12.4. The van der Waals surface area contributed by atoms with E-state index in [0.717, 1.165) is 39.1 Å². The van der Waals surface area contributed by atoms with E-state index in [4.69, 9.17) is 9.84 Å². The highest BCUT2D eigenvalue weighted by atomic mass is 16.5. The third kappa shape index (κ3) is 4.15. The largest absolute Gasteiger partial charge is 0.481 e. The quantitative estimate of drug-likeness (QED) is 0.491. The van der Waals surface area contributed by atoms with Crippen LogP contribution in [-0.4, -0.2) is 50.0 Å². The third-order valence-electron chi connectivity index (χ3n) is 2.69. The SMILES string of the molecule is COCCCCNC1(CC(=O)O)CNC1. The Morgan fingerprint density at radius 2 is 2.27 bits per heavy atom. The average Bonchev–Trinajstić information content (AvgIpc) is 2.12. The zero-order chi connectivity index (χ0) is 11.1. The molecule has 1 aliphatic heterocycles. The number of rotatable bonds is 8. The van der Waals surface area contributed by atoms with Gasteiger partial charge in [0.1, 0.15) is 0 Å². The summed E-state index contributed by atoms with van der Waals surface area (Å²) in [4.78, 5) is 10.7. The van der Waals surface area contributed by atoms with Crippen molar-refractivity contribution in [1.82, 2.24) is 10.6 Å². The number of unbranched alkanes of at least 4 members (excludes halogenated alkanes) is 1. The van der Waals surface area contributed by atoms with Crippen LogP contribution >= 0.6 is 0 Å². The highest BCUT2D eigenvalue weighted by molar-refractivity contribution is 5.68. The summed E-state index contributed by atoms with van der Waals surface area (Å²) in [5, 5.41) is 15.2. The number of ether oxygens (including phenoxy) is 1. The number of carboxylic acids is 1. The van der Waals surface area contributed by atoms with Gasteiger partial charge in [-0.15, -0.1) is 0 Å². The Hall–Kier alpha value is -0.650. The van der Waals surface area contributed by atoms with Crippen molar-refractivity contribution in [2.24, 2.45) is 0 Å². The van der Waals surface area contributed by atoms with Crippen molar-refractivity contribution >= 4 is 5.97 Å². The summed E-state index contributed by atoms with van der Waals surface area (Å²) >= 11 is 0. The molecule has 0 spiro atoms. The molecule has 0 aromatic heterocycles. The molecule has 0 aliphatic carbocycles. The van der Waals surface area contributed by atoms with E-state index < -0.39 is 5.97 Å². The number of carboxylic acid groups (broad SMARTS) is 1. The van der Waals surface area contributed by atoms with Crippen molar-refractivity contribution in [3.8, 4) is 0 Å². The smallest absolute Gasteiger partial charge is 0.305 e. The summed E-state index contributed by atoms with van der Waals surface area (Å²) in [6.45, 7) is 3.14. The lowest BCUT2D eigenvalue weighted by molar-refractivity contribution is -0.139. The molecule has 0 radical (unpaired) electrons. The van der Waals surface area contributed by atoms with Crippen LogP contribution in [0.1, 0.15) is 19.3 Å². The number of hydrogen-bond donors (Lipinski definition) is 3. The highest BCUT2D eigenvalue weighted by Crippen LogP contribution is 2.15. The van der Waals surface area contributed by atoms with Crippen LogP contribution in [0.15, 0.2) is 0 Å². The first-order valence-corrected chi connectivity index (χ1v) is 5.35. The topological polar surface area (TPSA) is 70.6 Å². The summed E-state index contributed by atoms with van der Waals surface area (Å²) in [6, 6.07) is 0. The molecular weight excluding hydrogens is 196 g/mol. The molecule has 1 heterocycles. The zero-order valence-electron chi connectivity index (χ0n) is 9.21. The Labute approximate surface area is 90.2 Å². The lowest BCUT2D eigenvalue weighted by Crippen LogP contribution is -2.68. The van der Waals surface area contributed by atoms with E-state index in [1.54, 1.807) is 7.11 Å². The second-order valence-corrected chi connectivity index (χ2v) is 4.08. The van der Waals surface area contributed by atoms with Crippen LogP contribution in [0.5, 0.6) is 0 Å². The van der Waals surface area contributed by atoms with Crippen molar-refractivity contribution in [2.45, 2.75) is 24.8 Å². The Balaban J connectivity index is 2.13. The van der Waals surface area contributed by atoms with E-state index in [1.165, 1.54) is 0 Å². The highest BCUT2D eigenvalue weighted by Gasteiger charge is 2.38. The fraction of sp³-hybridized carbons (Fsp3) is 0.900. The van der Waals surface area contributed by atoms with Gasteiger partial charge in [0.15, 0.2) is 0 Å². The van der Waals surface area contributed by atoms with Gasteiger partial charge in [-0.1, -0.05) is 0 Å². The average molecular weight is 216 g/mol.